The summed E-state index contributed by atoms with van der Waals surface area (Å²) in [7, 11) is 0. The number of rotatable bonds is 4. The van der Waals surface area contributed by atoms with Crippen molar-refractivity contribution in [2.75, 3.05) is 0 Å². The van der Waals surface area contributed by atoms with Crippen LogP contribution in [0.4, 0.5) is 0 Å². The van der Waals surface area contributed by atoms with Crippen molar-refractivity contribution < 1.29 is 9.76 Å². The van der Waals surface area contributed by atoms with E-state index < -0.39 is 11.2 Å². The summed E-state index contributed by atoms with van der Waals surface area (Å²) in [6.07, 6.45) is 0. The molecule has 1 N–H and O–H groups in total. The van der Waals surface area contributed by atoms with Crippen molar-refractivity contribution in [3.8, 4) is 0 Å². The van der Waals surface area contributed by atoms with Crippen molar-refractivity contribution in [3.63, 3.8) is 0 Å². The van der Waals surface area contributed by atoms with Crippen LogP contribution in [0.25, 0.3) is 32.3 Å². The van der Waals surface area contributed by atoms with E-state index in [1.807, 2.05) is 13.8 Å². The second-order valence-electron chi connectivity index (χ2n) is 8.73. The molecule has 0 unspecified atom stereocenters. The zero-order chi connectivity index (χ0) is 20.1. The smallest absolute Gasteiger partial charge is 0.324 e. The lowest BCUT2D eigenvalue weighted by Gasteiger charge is -2.39. The summed E-state index contributed by atoms with van der Waals surface area (Å²) < 4.78 is 6.29. The number of hydrogen-bond acceptors (Lipinski definition) is 2. The molecule has 0 aliphatic rings. The maximum Gasteiger partial charge on any atom is 0.324 e. The number of fused-ring (bicyclic) bond motifs is 6. The highest BCUT2D eigenvalue weighted by Gasteiger charge is 2.38. The summed E-state index contributed by atoms with van der Waals surface area (Å²) in [4.78, 5) is 0. The molecule has 3 heteroatoms. The van der Waals surface area contributed by atoms with Crippen LogP contribution in [-0.4, -0.2) is 23.2 Å². The molecule has 0 atom stereocenters. The first-order valence-electron chi connectivity index (χ1n) is 9.92. The Morgan fingerprint density at radius 3 is 1.57 bits per heavy atom. The Labute approximate surface area is 167 Å². The molecule has 0 aliphatic carbocycles. The predicted molar refractivity (Wildman–Crippen MR) is 122 cm³/mol. The van der Waals surface area contributed by atoms with Gasteiger partial charge < -0.3 is 9.76 Å². The van der Waals surface area contributed by atoms with Gasteiger partial charge in [0.05, 0.1) is 11.2 Å². The van der Waals surface area contributed by atoms with E-state index in [4.69, 9.17) is 4.65 Å². The summed E-state index contributed by atoms with van der Waals surface area (Å²) in [5, 5.41) is 18.0. The molecule has 0 saturated heterocycles. The molecule has 0 radical (unpaired) electrons. The van der Waals surface area contributed by atoms with E-state index in [1.54, 1.807) is 13.8 Å². The van der Waals surface area contributed by atoms with Gasteiger partial charge in [0.2, 0.25) is 0 Å². The molecule has 0 saturated carbocycles. The molecule has 0 bridgehead atoms. The Kier molecular flexibility index (Phi) is 4.48. The molecule has 0 amide bonds. The van der Waals surface area contributed by atoms with E-state index >= 15 is 0 Å². The average molecular weight is 370 g/mol. The molecule has 4 rings (SSSR count). The molecule has 142 valence electrons. The Morgan fingerprint density at radius 1 is 0.679 bits per heavy atom. The van der Waals surface area contributed by atoms with Crippen molar-refractivity contribution in [3.05, 3.63) is 66.7 Å². The van der Waals surface area contributed by atoms with Crippen molar-refractivity contribution >= 4 is 44.7 Å². The number of hydrogen-bond donors (Lipinski definition) is 1. The van der Waals surface area contributed by atoms with Gasteiger partial charge in [-0.15, -0.1) is 0 Å². The van der Waals surface area contributed by atoms with Crippen LogP contribution in [0.1, 0.15) is 27.7 Å². The fourth-order valence-electron chi connectivity index (χ4n) is 3.83. The Hall–Kier alpha value is -2.36. The molecular weight excluding hydrogens is 343 g/mol. The Bertz CT molecular complexity index is 1140. The highest BCUT2D eigenvalue weighted by molar-refractivity contribution is 6.66. The maximum absolute atomic E-state index is 10.4. The van der Waals surface area contributed by atoms with Crippen LogP contribution in [0.15, 0.2) is 66.7 Å². The SMILES string of the molecule is CB(OC(C)(C)C(C)(C)O)c1ccc2c3ccccc3c3ccccc3c2c1. The molecular formula is C25H27BO2. The third-order valence-electron chi connectivity index (χ3n) is 6.18. The second kappa shape index (κ2) is 6.61. The first kappa shape index (κ1) is 19.0. The molecule has 0 heterocycles. The van der Waals surface area contributed by atoms with Crippen LogP contribution < -0.4 is 5.46 Å². The molecule has 0 spiro atoms. The van der Waals surface area contributed by atoms with E-state index in [-0.39, 0.29) is 6.92 Å². The summed E-state index contributed by atoms with van der Waals surface area (Å²) in [6, 6.07) is 23.8. The zero-order valence-corrected chi connectivity index (χ0v) is 17.3. The third kappa shape index (κ3) is 3.09. The van der Waals surface area contributed by atoms with Gasteiger partial charge in [-0.2, -0.15) is 0 Å². The summed E-state index contributed by atoms with van der Waals surface area (Å²) in [5.74, 6) is 0. The van der Waals surface area contributed by atoms with Crippen LogP contribution >= 0.6 is 0 Å². The largest absolute Gasteiger partial charge is 0.423 e. The molecule has 0 aromatic heterocycles. The minimum atomic E-state index is -0.930. The van der Waals surface area contributed by atoms with Gasteiger partial charge in [0, 0.05) is 0 Å². The van der Waals surface area contributed by atoms with Crippen LogP contribution in [0.2, 0.25) is 6.82 Å². The number of benzene rings is 4. The van der Waals surface area contributed by atoms with Crippen LogP contribution in [-0.2, 0) is 4.65 Å². The standard InChI is InChI=1S/C25H27BO2/c1-24(2,27)25(3,4)28-26(5)17-14-15-22-20-12-7-6-10-18(20)19-11-8-9-13-21(19)23(22)16-17/h6-16,27H,1-5H3. The highest BCUT2D eigenvalue weighted by Crippen LogP contribution is 2.34. The lowest BCUT2D eigenvalue weighted by molar-refractivity contribution is -0.0918. The monoisotopic (exact) mass is 370 g/mol. The van der Waals surface area contributed by atoms with E-state index in [1.165, 1.54) is 32.3 Å². The van der Waals surface area contributed by atoms with Crippen molar-refractivity contribution in [2.45, 2.75) is 45.7 Å². The first-order chi connectivity index (χ1) is 13.2. The normalized spacial score (nSPS) is 12.8. The van der Waals surface area contributed by atoms with Gasteiger partial charge in [-0.25, -0.2) is 0 Å². The van der Waals surface area contributed by atoms with Crippen LogP contribution in [0.3, 0.4) is 0 Å². The fourth-order valence-corrected chi connectivity index (χ4v) is 3.83. The molecule has 0 fully saturated rings. The first-order valence-corrected chi connectivity index (χ1v) is 9.92. The second-order valence-corrected chi connectivity index (χ2v) is 8.73. The Morgan fingerprint density at radius 2 is 1.11 bits per heavy atom. The molecule has 4 aromatic rings. The predicted octanol–water partition coefficient (Wildman–Crippen LogP) is 5.54. The summed E-state index contributed by atoms with van der Waals surface area (Å²) >= 11 is 0. The Balaban J connectivity index is 1.90. The maximum atomic E-state index is 10.4. The fraction of sp³-hybridized carbons (Fsp3) is 0.280. The minimum absolute atomic E-state index is 0.129. The van der Waals surface area contributed by atoms with E-state index in [0.29, 0.717) is 0 Å². The molecule has 2 nitrogen and oxygen atoms in total. The lowest BCUT2D eigenvalue weighted by Crippen LogP contribution is -2.52. The van der Waals surface area contributed by atoms with Crippen molar-refractivity contribution in [2.24, 2.45) is 0 Å². The minimum Gasteiger partial charge on any atom is -0.423 e. The zero-order valence-electron chi connectivity index (χ0n) is 17.3. The molecule has 0 aliphatic heterocycles. The van der Waals surface area contributed by atoms with Crippen LogP contribution in [0.5, 0.6) is 0 Å². The van der Waals surface area contributed by atoms with Gasteiger partial charge in [0.25, 0.3) is 0 Å². The third-order valence-corrected chi connectivity index (χ3v) is 6.18. The number of aliphatic hydroxyl groups is 1. The molecule has 4 aromatic carbocycles. The summed E-state index contributed by atoms with van der Waals surface area (Å²) in [6.45, 7) is 9.38. The van der Waals surface area contributed by atoms with Gasteiger partial charge in [-0.3, -0.25) is 0 Å². The van der Waals surface area contributed by atoms with Gasteiger partial charge in [-0.05, 0) is 65.5 Å². The molecule has 28 heavy (non-hydrogen) atoms. The van der Waals surface area contributed by atoms with Gasteiger partial charge in [-0.1, -0.05) is 73.6 Å². The van der Waals surface area contributed by atoms with E-state index in [9.17, 15) is 5.11 Å². The topological polar surface area (TPSA) is 29.5 Å². The van der Waals surface area contributed by atoms with Gasteiger partial charge >= 0.3 is 6.92 Å². The van der Waals surface area contributed by atoms with E-state index in [2.05, 4.69) is 73.6 Å². The van der Waals surface area contributed by atoms with Crippen molar-refractivity contribution in [1.29, 1.82) is 0 Å². The quantitative estimate of drug-likeness (QED) is 0.378. The van der Waals surface area contributed by atoms with Crippen molar-refractivity contribution in [1.82, 2.24) is 0 Å². The average Bonchev–Trinajstić information content (AvgIpc) is 2.66. The van der Waals surface area contributed by atoms with Gasteiger partial charge in [0.1, 0.15) is 0 Å². The van der Waals surface area contributed by atoms with Gasteiger partial charge in [0.15, 0.2) is 0 Å². The summed E-state index contributed by atoms with van der Waals surface area (Å²) in [5.41, 5.74) is -0.473. The lowest BCUT2D eigenvalue weighted by atomic mass is 9.62. The van der Waals surface area contributed by atoms with Crippen LogP contribution in [0, 0.1) is 0 Å². The highest BCUT2D eigenvalue weighted by atomic mass is 16.5. The van der Waals surface area contributed by atoms with E-state index in [0.717, 1.165) is 5.46 Å².